The summed E-state index contributed by atoms with van der Waals surface area (Å²) in [5.41, 5.74) is 9.10. The molecule has 2 aliphatic rings. The van der Waals surface area contributed by atoms with E-state index in [1.807, 2.05) is 0 Å². The molecule has 0 N–H and O–H groups in total. The maximum atomic E-state index is 2.37. The molecule has 2 aliphatic carbocycles. The van der Waals surface area contributed by atoms with Crippen molar-refractivity contribution in [3.8, 4) is 11.1 Å². The van der Waals surface area contributed by atoms with E-state index in [2.05, 4.69) is 127 Å². The number of rotatable bonds is 3. The molecule has 0 spiro atoms. The zero-order chi connectivity index (χ0) is 20.6. The van der Waals surface area contributed by atoms with Crippen LogP contribution in [0, 0.1) is 0 Å². The number of hydrogen-bond acceptors (Lipinski definition) is 0. The number of hydrogen-bond donors (Lipinski definition) is 0. The second-order valence-corrected chi connectivity index (χ2v) is 8.13. The van der Waals surface area contributed by atoms with Crippen molar-refractivity contribution in [2.45, 2.75) is 5.92 Å². The summed E-state index contributed by atoms with van der Waals surface area (Å²) in [6.45, 7) is 0. The average molecular weight is 395 g/mol. The van der Waals surface area contributed by atoms with Gasteiger partial charge in [0.15, 0.2) is 0 Å². The van der Waals surface area contributed by atoms with E-state index in [1.54, 1.807) is 0 Å². The topological polar surface area (TPSA) is 0 Å². The summed E-state index contributed by atoms with van der Waals surface area (Å²) in [4.78, 5) is 0. The standard InChI is InChI=1S/C31H22/c1-3-13-23(14-4-1)30(24-15-5-2-6-16-24)31-27(22-11-7-8-12-22)19-20-28-26-18-10-9-17-25(26)21-29(28)31/h1-22H. The third-order valence-electron chi connectivity index (χ3n) is 6.31. The SMILES string of the molecule is C1=CC(c2ccc3c(c2=C(c2ccccc2)c2ccccc2)=Cc2ccccc2-3)C=C1. The monoisotopic (exact) mass is 394 g/mol. The van der Waals surface area contributed by atoms with Crippen molar-refractivity contribution in [3.63, 3.8) is 0 Å². The van der Waals surface area contributed by atoms with Gasteiger partial charge in [-0.3, -0.25) is 0 Å². The largest absolute Gasteiger partial charge is 0.0732 e. The van der Waals surface area contributed by atoms with E-state index in [1.165, 1.54) is 49.4 Å². The predicted molar refractivity (Wildman–Crippen MR) is 130 cm³/mol. The van der Waals surface area contributed by atoms with Gasteiger partial charge < -0.3 is 0 Å². The van der Waals surface area contributed by atoms with Crippen molar-refractivity contribution in [1.29, 1.82) is 0 Å². The van der Waals surface area contributed by atoms with Crippen molar-refractivity contribution in [3.05, 3.63) is 154 Å². The van der Waals surface area contributed by atoms with Crippen LogP contribution in [0.15, 0.2) is 121 Å². The van der Waals surface area contributed by atoms with E-state index in [4.69, 9.17) is 0 Å². The summed E-state index contributed by atoms with van der Waals surface area (Å²) >= 11 is 0. The van der Waals surface area contributed by atoms with Crippen molar-refractivity contribution >= 4 is 11.6 Å². The van der Waals surface area contributed by atoms with Crippen LogP contribution in [-0.4, -0.2) is 0 Å². The molecule has 0 saturated carbocycles. The van der Waals surface area contributed by atoms with Crippen molar-refractivity contribution in [1.82, 2.24) is 0 Å². The molecule has 0 heteroatoms. The minimum Gasteiger partial charge on any atom is -0.0732 e. The highest BCUT2D eigenvalue weighted by Crippen LogP contribution is 2.29. The summed E-state index contributed by atoms with van der Waals surface area (Å²) in [6, 6.07) is 35.0. The van der Waals surface area contributed by atoms with Crippen LogP contribution in [0.2, 0.25) is 0 Å². The lowest BCUT2D eigenvalue weighted by Gasteiger charge is -2.16. The highest BCUT2D eigenvalue weighted by atomic mass is 14.2. The lowest BCUT2D eigenvalue weighted by Crippen LogP contribution is -2.33. The van der Waals surface area contributed by atoms with Crippen molar-refractivity contribution in [2.75, 3.05) is 0 Å². The van der Waals surface area contributed by atoms with E-state index >= 15 is 0 Å². The summed E-state index contributed by atoms with van der Waals surface area (Å²) in [7, 11) is 0. The van der Waals surface area contributed by atoms with E-state index in [-0.39, 0.29) is 0 Å². The van der Waals surface area contributed by atoms with Gasteiger partial charge in [0.1, 0.15) is 0 Å². The zero-order valence-electron chi connectivity index (χ0n) is 17.2. The van der Waals surface area contributed by atoms with E-state index in [9.17, 15) is 0 Å². The average Bonchev–Trinajstić information content (AvgIpc) is 3.49. The maximum Gasteiger partial charge on any atom is 0.0211 e. The van der Waals surface area contributed by atoms with Gasteiger partial charge in [-0.2, -0.15) is 0 Å². The first-order chi connectivity index (χ1) is 15.4. The molecule has 0 nitrogen and oxygen atoms in total. The molecule has 6 rings (SSSR count). The molecule has 0 aromatic heterocycles. The van der Waals surface area contributed by atoms with Crippen LogP contribution >= 0.6 is 0 Å². The molecule has 0 fully saturated rings. The maximum absolute atomic E-state index is 2.37. The van der Waals surface area contributed by atoms with Gasteiger partial charge in [0.2, 0.25) is 0 Å². The summed E-state index contributed by atoms with van der Waals surface area (Å²) in [6.07, 6.45) is 11.3. The van der Waals surface area contributed by atoms with Crippen LogP contribution in [0.3, 0.4) is 0 Å². The molecule has 4 aromatic rings. The Hall–Kier alpha value is -3.90. The minimum atomic E-state index is 0.292. The Labute approximate surface area is 182 Å². The van der Waals surface area contributed by atoms with Crippen LogP contribution in [0.25, 0.3) is 22.8 Å². The molecule has 0 aliphatic heterocycles. The highest BCUT2D eigenvalue weighted by molar-refractivity contribution is 5.87. The third-order valence-corrected chi connectivity index (χ3v) is 6.31. The van der Waals surface area contributed by atoms with Gasteiger partial charge in [-0.1, -0.05) is 121 Å². The number of benzene rings is 4. The van der Waals surface area contributed by atoms with Crippen LogP contribution in [0.1, 0.15) is 28.2 Å². The Morgan fingerprint density at radius 2 is 1.16 bits per heavy atom. The third kappa shape index (κ3) is 3.00. The second-order valence-electron chi connectivity index (χ2n) is 8.13. The number of allylic oxidation sites excluding steroid dienone is 4. The van der Waals surface area contributed by atoms with E-state index < -0.39 is 0 Å². The van der Waals surface area contributed by atoms with Crippen LogP contribution in [0.5, 0.6) is 0 Å². The van der Waals surface area contributed by atoms with Gasteiger partial charge in [-0.15, -0.1) is 0 Å². The molecule has 31 heavy (non-hydrogen) atoms. The molecular formula is C31H22. The molecule has 146 valence electrons. The first kappa shape index (κ1) is 17.9. The highest BCUT2D eigenvalue weighted by Gasteiger charge is 2.20. The first-order valence-electron chi connectivity index (χ1n) is 10.8. The minimum absolute atomic E-state index is 0.292. The van der Waals surface area contributed by atoms with Crippen molar-refractivity contribution in [2.24, 2.45) is 0 Å². The molecule has 0 heterocycles. The van der Waals surface area contributed by atoms with Gasteiger partial charge in [-0.25, -0.2) is 0 Å². The molecule has 4 aromatic carbocycles. The molecule has 0 bridgehead atoms. The Kier molecular flexibility index (Phi) is 4.28. The van der Waals surface area contributed by atoms with E-state index in [0.29, 0.717) is 5.92 Å². The molecule has 0 saturated heterocycles. The Morgan fingerprint density at radius 1 is 0.548 bits per heavy atom. The van der Waals surface area contributed by atoms with E-state index in [0.717, 1.165) is 0 Å². The Balaban J connectivity index is 1.82. The fourth-order valence-electron chi connectivity index (χ4n) is 4.91. The molecule has 0 amide bonds. The summed E-state index contributed by atoms with van der Waals surface area (Å²) < 4.78 is 0. The second kappa shape index (κ2) is 7.41. The van der Waals surface area contributed by atoms with Gasteiger partial charge in [0.25, 0.3) is 0 Å². The van der Waals surface area contributed by atoms with Crippen molar-refractivity contribution < 1.29 is 0 Å². The molecule has 0 atom stereocenters. The summed E-state index contributed by atoms with van der Waals surface area (Å²) in [5.74, 6) is 0.292. The zero-order valence-corrected chi connectivity index (χ0v) is 17.2. The van der Waals surface area contributed by atoms with Crippen LogP contribution in [0.4, 0.5) is 0 Å². The van der Waals surface area contributed by atoms with Crippen LogP contribution in [-0.2, 0) is 0 Å². The fraction of sp³-hybridized carbons (Fsp3) is 0.0323. The summed E-state index contributed by atoms with van der Waals surface area (Å²) in [5, 5.41) is 2.67. The van der Waals surface area contributed by atoms with Gasteiger partial charge in [-0.05, 0) is 55.5 Å². The molecule has 0 radical (unpaired) electrons. The lowest BCUT2D eigenvalue weighted by atomic mass is 9.87. The predicted octanol–water partition coefficient (Wildman–Crippen LogP) is 5.95. The molecule has 0 unspecified atom stereocenters. The van der Waals surface area contributed by atoms with Crippen LogP contribution < -0.4 is 10.4 Å². The van der Waals surface area contributed by atoms with Gasteiger partial charge in [0.05, 0.1) is 0 Å². The first-order valence-corrected chi connectivity index (χ1v) is 10.8. The normalized spacial score (nSPS) is 13.7. The molecular weight excluding hydrogens is 372 g/mol. The van der Waals surface area contributed by atoms with Gasteiger partial charge >= 0.3 is 0 Å². The fourth-order valence-corrected chi connectivity index (χ4v) is 4.91. The Morgan fingerprint density at radius 3 is 1.84 bits per heavy atom. The smallest absolute Gasteiger partial charge is 0.0211 e. The Bertz CT molecular complexity index is 1400. The number of fused-ring (bicyclic) bond motifs is 3. The quantitative estimate of drug-likeness (QED) is 0.355. The van der Waals surface area contributed by atoms with Gasteiger partial charge in [0, 0.05) is 5.92 Å². The lowest BCUT2D eigenvalue weighted by molar-refractivity contribution is 1.08.